The highest BCUT2D eigenvalue weighted by atomic mass is 32.2. The van der Waals surface area contributed by atoms with Crippen molar-refractivity contribution in [3.63, 3.8) is 0 Å². The van der Waals surface area contributed by atoms with E-state index < -0.39 is 0 Å². The number of benzene rings is 1. The Morgan fingerprint density at radius 3 is 2.50 bits per heavy atom. The molecule has 1 aromatic rings. The zero-order valence-corrected chi connectivity index (χ0v) is 10.8. The van der Waals surface area contributed by atoms with Crippen LogP contribution < -0.4 is 0 Å². The number of hydrogen-bond donors (Lipinski definition) is 0. The quantitative estimate of drug-likeness (QED) is 0.708. The average molecular weight is 234 g/mol. The van der Waals surface area contributed by atoms with E-state index in [2.05, 4.69) is 48.5 Å². The van der Waals surface area contributed by atoms with Gasteiger partial charge in [0.15, 0.2) is 0 Å². The van der Waals surface area contributed by atoms with Gasteiger partial charge in [-0.15, -0.1) is 11.8 Å². The molecule has 2 nitrogen and oxygen atoms in total. The van der Waals surface area contributed by atoms with Crippen LogP contribution in [0.2, 0.25) is 0 Å². The monoisotopic (exact) mass is 234 g/mol. The van der Waals surface area contributed by atoms with E-state index >= 15 is 0 Å². The molecule has 0 saturated heterocycles. The van der Waals surface area contributed by atoms with Crippen LogP contribution in [-0.4, -0.2) is 31.3 Å². The second-order valence-electron chi connectivity index (χ2n) is 3.81. The fourth-order valence-corrected chi connectivity index (χ4v) is 1.87. The first-order valence-electron chi connectivity index (χ1n) is 5.44. The van der Waals surface area contributed by atoms with E-state index in [0.717, 1.165) is 19.5 Å². The Morgan fingerprint density at radius 2 is 1.94 bits per heavy atom. The van der Waals surface area contributed by atoms with E-state index in [4.69, 9.17) is 5.26 Å². The molecule has 0 aliphatic rings. The molecule has 0 saturated carbocycles. The van der Waals surface area contributed by atoms with Crippen LogP contribution in [0, 0.1) is 11.3 Å². The largest absolute Gasteiger partial charge is 0.305 e. The third-order valence-electron chi connectivity index (χ3n) is 2.55. The van der Waals surface area contributed by atoms with Crippen LogP contribution in [-0.2, 0) is 6.42 Å². The van der Waals surface area contributed by atoms with Gasteiger partial charge in [-0.2, -0.15) is 5.26 Å². The number of hydrogen-bond acceptors (Lipinski definition) is 3. The standard InChI is InChI=1S/C13H18N2S/c1-15(10-3-9-14)11-8-12-4-6-13(16-2)7-5-12/h4-7H,3,8,10-11H2,1-2H3. The zero-order chi connectivity index (χ0) is 11.8. The smallest absolute Gasteiger partial charge is 0.0635 e. The summed E-state index contributed by atoms with van der Waals surface area (Å²) < 4.78 is 0. The molecule has 0 unspecified atom stereocenters. The summed E-state index contributed by atoms with van der Waals surface area (Å²) in [5.41, 5.74) is 1.36. The third-order valence-corrected chi connectivity index (χ3v) is 3.29. The Morgan fingerprint density at radius 1 is 1.25 bits per heavy atom. The third kappa shape index (κ3) is 4.69. The van der Waals surface area contributed by atoms with Crippen molar-refractivity contribution in [3.8, 4) is 6.07 Å². The lowest BCUT2D eigenvalue weighted by molar-refractivity contribution is 0.346. The molecule has 0 fully saturated rings. The predicted octanol–water partition coefficient (Wildman–Crippen LogP) is 2.80. The highest BCUT2D eigenvalue weighted by molar-refractivity contribution is 7.98. The molecule has 0 N–H and O–H groups in total. The molecule has 0 spiro atoms. The number of rotatable bonds is 6. The molecule has 0 radical (unpaired) electrons. The summed E-state index contributed by atoms with van der Waals surface area (Å²) in [6.07, 6.45) is 3.75. The molecular weight excluding hydrogens is 216 g/mol. The van der Waals surface area contributed by atoms with E-state index in [1.165, 1.54) is 10.5 Å². The van der Waals surface area contributed by atoms with Crippen LogP contribution in [0.3, 0.4) is 0 Å². The highest BCUT2D eigenvalue weighted by Crippen LogP contribution is 2.15. The summed E-state index contributed by atoms with van der Waals surface area (Å²) in [6, 6.07) is 10.9. The fourth-order valence-electron chi connectivity index (χ4n) is 1.46. The van der Waals surface area contributed by atoms with Crippen molar-refractivity contribution in [2.45, 2.75) is 17.7 Å². The van der Waals surface area contributed by atoms with Crippen molar-refractivity contribution in [1.29, 1.82) is 5.26 Å². The van der Waals surface area contributed by atoms with Crippen LogP contribution in [0.25, 0.3) is 0 Å². The molecule has 0 bridgehead atoms. The number of likely N-dealkylation sites (N-methyl/N-ethyl adjacent to an activating group) is 1. The van der Waals surface area contributed by atoms with Gasteiger partial charge in [-0.1, -0.05) is 12.1 Å². The van der Waals surface area contributed by atoms with Gasteiger partial charge in [-0.3, -0.25) is 0 Å². The van der Waals surface area contributed by atoms with Gasteiger partial charge >= 0.3 is 0 Å². The van der Waals surface area contributed by atoms with Gasteiger partial charge in [0.25, 0.3) is 0 Å². The first-order chi connectivity index (χ1) is 7.76. The number of nitrogens with zero attached hydrogens (tertiary/aromatic N) is 2. The van der Waals surface area contributed by atoms with Crippen molar-refractivity contribution >= 4 is 11.8 Å². The van der Waals surface area contributed by atoms with Gasteiger partial charge in [0.1, 0.15) is 0 Å². The lowest BCUT2D eigenvalue weighted by atomic mass is 10.1. The Kier molecular flexibility index (Phi) is 5.99. The molecule has 0 atom stereocenters. The molecule has 0 aliphatic heterocycles. The van der Waals surface area contributed by atoms with Crippen LogP contribution in [0.1, 0.15) is 12.0 Å². The lowest BCUT2D eigenvalue weighted by Gasteiger charge is -2.14. The van der Waals surface area contributed by atoms with E-state index in [0.29, 0.717) is 6.42 Å². The minimum absolute atomic E-state index is 0.613. The summed E-state index contributed by atoms with van der Waals surface area (Å²) in [6.45, 7) is 1.87. The first kappa shape index (κ1) is 13.1. The van der Waals surface area contributed by atoms with Crippen molar-refractivity contribution in [2.75, 3.05) is 26.4 Å². The van der Waals surface area contributed by atoms with Gasteiger partial charge < -0.3 is 4.90 Å². The molecule has 0 heterocycles. The Bertz CT molecular complexity index is 340. The van der Waals surface area contributed by atoms with Gasteiger partial charge in [0.2, 0.25) is 0 Å². The van der Waals surface area contributed by atoms with E-state index in [9.17, 15) is 0 Å². The molecule has 0 aromatic heterocycles. The summed E-state index contributed by atoms with van der Waals surface area (Å²) in [5, 5.41) is 8.48. The van der Waals surface area contributed by atoms with Gasteiger partial charge in [0.05, 0.1) is 6.07 Å². The van der Waals surface area contributed by atoms with Gasteiger partial charge in [-0.25, -0.2) is 0 Å². The SMILES string of the molecule is CSc1ccc(CCN(C)CCC#N)cc1. The van der Waals surface area contributed by atoms with Crippen LogP contribution in [0.5, 0.6) is 0 Å². The summed E-state index contributed by atoms with van der Waals surface area (Å²) in [4.78, 5) is 3.51. The molecular formula is C13H18N2S. The topological polar surface area (TPSA) is 27.0 Å². The van der Waals surface area contributed by atoms with Crippen LogP contribution >= 0.6 is 11.8 Å². The van der Waals surface area contributed by atoms with Crippen molar-refractivity contribution in [1.82, 2.24) is 4.90 Å². The minimum atomic E-state index is 0.613. The van der Waals surface area contributed by atoms with Crippen molar-refractivity contribution in [2.24, 2.45) is 0 Å². The summed E-state index contributed by atoms with van der Waals surface area (Å²) in [7, 11) is 2.06. The van der Waals surface area contributed by atoms with Crippen molar-refractivity contribution in [3.05, 3.63) is 29.8 Å². The van der Waals surface area contributed by atoms with E-state index in [1.54, 1.807) is 11.8 Å². The van der Waals surface area contributed by atoms with Crippen LogP contribution in [0.15, 0.2) is 29.2 Å². The van der Waals surface area contributed by atoms with Gasteiger partial charge in [-0.05, 0) is 37.4 Å². The first-order valence-corrected chi connectivity index (χ1v) is 6.67. The normalized spacial score (nSPS) is 10.4. The number of nitriles is 1. The zero-order valence-electron chi connectivity index (χ0n) is 9.94. The second-order valence-corrected chi connectivity index (χ2v) is 4.69. The van der Waals surface area contributed by atoms with E-state index in [1.807, 2.05) is 0 Å². The molecule has 1 rings (SSSR count). The maximum Gasteiger partial charge on any atom is 0.0635 e. The maximum atomic E-state index is 8.48. The van der Waals surface area contributed by atoms with Crippen LogP contribution in [0.4, 0.5) is 0 Å². The predicted molar refractivity (Wildman–Crippen MR) is 69.7 cm³/mol. The maximum absolute atomic E-state index is 8.48. The Hall–Kier alpha value is -0.980. The lowest BCUT2D eigenvalue weighted by Crippen LogP contribution is -2.22. The van der Waals surface area contributed by atoms with E-state index in [-0.39, 0.29) is 0 Å². The Balaban J connectivity index is 2.34. The molecule has 16 heavy (non-hydrogen) atoms. The van der Waals surface area contributed by atoms with Gasteiger partial charge in [0, 0.05) is 24.4 Å². The fraction of sp³-hybridized carbons (Fsp3) is 0.462. The average Bonchev–Trinajstić information content (AvgIpc) is 2.34. The Labute approximate surface area is 102 Å². The molecule has 86 valence electrons. The second kappa shape index (κ2) is 7.32. The molecule has 0 amide bonds. The minimum Gasteiger partial charge on any atom is -0.305 e. The van der Waals surface area contributed by atoms with Crippen molar-refractivity contribution < 1.29 is 0 Å². The molecule has 3 heteroatoms. The summed E-state index contributed by atoms with van der Waals surface area (Å²) >= 11 is 1.77. The number of thioether (sulfide) groups is 1. The summed E-state index contributed by atoms with van der Waals surface area (Å²) in [5.74, 6) is 0. The molecule has 1 aromatic carbocycles. The molecule has 0 aliphatic carbocycles. The highest BCUT2D eigenvalue weighted by Gasteiger charge is 1.99.